The Morgan fingerprint density at radius 2 is 1.41 bits per heavy atom. The first-order valence-corrected chi connectivity index (χ1v) is 9.53. The fourth-order valence-electron chi connectivity index (χ4n) is 4.71. The molecule has 2 aromatic carbocycles. The second-order valence-corrected chi connectivity index (χ2v) is 7.61. The summed E-state index contributed by atoms with van der Waals surface area (Å²) < 4.78 is 0. The van der Waals surface area contributed by atoms with Crippen molar-refractivity contribution in [1.82, 2.24) is 0 Å². The van der Waals surface area contributed by atoms with E-state index in [1.165, 1.54) is 11.1 Å². The van der Waals surface area contributed by atoms with Gasteiger partial charge in [-0.15, -0.1) is 0 Å². The van der Waals surface area contributed by atoms with Gasteiger partial charge in [-0.3, -0.25) is 0 Å². The maximum atomic E-state index is 9.40. The van der Waals surface area contributed by atoms with Gasteiger partial charge in [0.15, 0.2) is 0 Å². The van der Waals surface area contributed by atoms with E-state index in [-0.39, 0.29) is 0 Å². The van der Waals surface area contributed by atoms with E-state index in [0.29, 0.717) is 29.1 Å². The van der Waals surface area contributed by atoms with E-state index in [0.717, 1.165) is 10.8 Å². The maximum absolute atomic E-state index is 9.40. The lowest BCUT2D eigenvalue weighted by Gasteiger charge is -2.40. The molecule has 4 atom stereocenters. The van der Waals surface area contributed by atoms with Crippen molar-refractivity contribution in [3.8, 4) is 0 Å². The fourth-order valence-corrected chi connectivity index (χ4v) is 4.71. The van der Waals surface area contributed by atoms with Crippen LogP contribution in [0.5, 0.6) is 0 Å². The van der Waals surface area contributed by atoms with Gasteiger partial charge in [-0.25, -0.2) is 0 Å². The Balaban J connectivity index is 1.60. The van der Waals surface area contributed by atoms with Gasteiger partial charge in [0, 0.05) is 11.8 Å². The maximum Gasteiger partial charge on any atom is 0.488 e. The molecule has 0 bridgehead atoms. The van der Waals surface area contributed by atoms with Crippen molar-refractivity contribution in [2.24, 2.45) is 23.7 Å². The highest BCUT2D eigenvalue weighted by molar-refractivity contribution is 6.58. The highest BCUT2D eigenvalue weighted by atomic mass is 16.4. The molecule has 0 aliphatic heterocycles. The molecule has 0 aromatic heterocycles. The van der Waals surface area contributed by atoms with Crippen LogP contribution < -0.4 is 5.46 Å². The Morgan fingerprint density at radius 3 is 2.26 bits per heavy atom. The van der Waals surface area contributed by atoms with Crippen molar-refractivity contribution in [2.75, 3.05) is 0 Å². The van der Waals surface area contributed by atoms with Crippen LogP contribution in [0.1, 0.15) is 5.56 Å². The molecule has 5 rings (SSSR count). The van der Waals surface area contributed by atoms with Crippen molar-refractivity contribution in [3.05, 3.63) is 96.6 Å². The zero-order valence-electron chi connectivity index (χ0n) is 14.9. The number of rotatable bonds is 2. The minimum Gasteiger partial charge on any atom is -0.423 e. The Labute approximate surface area is 159 Å². The highest BCUT2D eigenvalue weighted by Gasteiger charge is 2.37. The monoisotopic (exact) mass is 352 g/mol. The SMILES string of the molecule is OB(O)c1ccc2cc(C3=CC4C=CC=CC4C4C=CC=CC34)ccc2c1. The lowest BCUT2D eigenvalue weighted by atomic mass is 9.63. The minimum atomic E-state index is -1.43. The summed E-state index contributed by atoms with van der Waals surface area (Å²) in [6.45, 7) is 0. The zero-order valence-corrected chi connectivity index (χ0v) is 14.9. The standard InChI is InChI=1S/C24H21BO2/c26-25(27)20-12-11-16-13-19(10-9-17(16)14-20)24-15-18-5-1-2-6-21(18)22-7-3-4-8-23(22)24/h1-15,18,21-23,26-27H. The van der Waals surface area contributed by atoms with Gasteiger partial charge >= 0.3 is 7.12 Å². The largest absolute Gasteiger partial charge is 0.488 e. The molecule has 0 amide bonds. The number of benzene rings is 2. The molecule has 2 nitrogen and oxygen atoms in total. The van der Waals surface area contributed by atoms with Gasteiger partial charge in [-0.1, -0.05) is 85.0 Å². The van der Waals surface area contributed by atoms with Gasteiger partial charge in [0.1, 0.15) is 0 Å². The molecule has 2 aromatic rings. The Kier molecular flexibility index (Phi) is 4.00. The predicted molar refractivity (Wildman–Crippen MR) is 112 cm³/mol. The van der Waals surface area contributed by atoms with Crippen molar-refractivity contribution >= 4 is 28.9 Å². The van der Waals surface area contributed by atoms with Gasteiger partial charge < -0.3 is 10.0 Å². The molecule has 27 heavy (non-hydrogen) atoms. The summed E-state index contributed by atoms with van der Waals surface area (Å²) in [6, 6.07) is 12.1. The Hall–Kier alpha value is -2.62. The first-order valence-electron chi connectivity index (χ1n) is 9.53. The van der Waals surface area contributed by atoms with Crippen LogP contribution >= 0.6 is 0 Å². The number of fused-ring (bicyclic) bond motifs is 4. The van der Waals surface area contributed by atoms with Crippen LogP contribution in [-0.2, 0) is 0 Å². The molecule has 0 radical (unpaired) electrons. The van der Waals surface area contributed by atoms with Crippen molar-refractivity contribution in [2.45, 2.75) is 0 Å². The van der Waals surface area contributed by atoms with Crippen molar-refractivity contribution in [3.63, 3.8) is 0 Å². The Bertz CT molecular complexity index is 1040. The van der Waals surface area contributed by atoms with E-state index in [1.807, 2.05) is 12.1 Å². The van der Waals surface area contributed by atoms with Gasteiger partial charge in [0.25, 0.3) is 0 Å². The van der Waals surface area contributed by atoms with Crippen LogP contribution in [-0.4, -0.2) is 17.2 Å². The normalized spacial score (nSPS) is 28.0. The molecule has 0 saturated carbocycles. The number of hydrogen-bond donors (Lipinski definition) is 2. The van der Waals surface area contributed by atoms with E-state index < -0.39 is 7.12 Å². The van der Waals surface area contributed by atoms with Crippen LogP contribution in [0.3, 0.4) is 0 Å². The third kappa shape index (κ3) is 2.84. The molecule has 0 saturated heterocycles. The first kappa shape index (κ1) is 16.6. The highest BCUT2D eigenvalue weighted by Crippen LogP contribution is 2.47. The molecule has 3 heteroatoms. The zero-order chi connectivity index (χ0) is 18.4. The van der Waals surface area contributed by atoms with Gasteiger partial charge in [0.2, 0.25) is 0 Å². The third-order valence-electron chi connectivity index (χ3n) is 6.07. The summed E-state index contributed by atoms with van der Waals surface area (Å²) in [5.41, 5.74) is 3.15. The van der Waals surface area contributed by atoms with E-state index in [9.17, 15) is 10.0 Å². The topological polar surface area (TPSA) is 40.5 Å². The lowest BCUT2D eigenvalue weighted by Crippen LogP contribution is -2.31. The van der Waals surface area contributed by atoms with Gasteiger partial charge in [-0.2, -0.15) is 0 Å². The third-order valence-corrected chi connectivity index (χ3v) is 6.07. The van der Waals surface area contributed by atoms with E-state index >= 15 is 0 Å². The second-order valence-electron chi connectivity index (χ2n) is 7.61. The van der Waals surface area contributed by atoms with Gasteiger partial charge in [0.05, 0.1) is 0 Å². The average Bonchev–Trinajstić information content (AvgIpc) is 2.72. The van der Waals surface area contributed by atoms with Crippen molar-refractivity contribution in [1.29, 1.82) is 0 Å². The van der Waals surface area contributed by atoms with E-state index in [2.05, 4.69) is 72.9 Å². The summed E-state index contributed by atoms with van der Waals surface area (Å²) >= 11 is 0. The number of allylic oxidation sites excluding steroid dienone is 10. The number of hydrogen-bond acceptors (Lipinski definition) is 2. The quantitative estimate of drug-likeness (QED) is 0.811. The average molecular weight is 352 g/mol. The summed E-state index contributed by atoms with van der Waals surface area (Å²) in [5.74, 6) is 1.84. The fraction of sp³-hybridized carbons (Fsp3) is 0.167. The molecule has 0 spiro atoms. The summed E-state index contributed by atoms with van der Waals surface area (Å²) in [5, 5.41) is 20.9. The summed E-state index contributed by atoms with van der Waals surface area (Å²) in [4.78, 5) is 0. The van der Waals surface area contributed by atoms with Gasteiger partial charge in [-0.05, 0) is 45.3 Å². The predicted octanol–water partition coefficient (Wildman–Crippen LogP) is 3.63. The smallest absolute Gasteiger partial charge is 0.423 e. The molecular weight excluding hydrogens is 331 g/mol. The first-order chi connectivity index (χ1) is 13.2. The lowest BCUT2D eigenvalue weighted by molar-refractivity contribution is 0.357. The minimum absolute atomic E-state index is 0.392. The molecule has 4 unspecified atom stereocenters. The second kappa shape index (κ2) is 6.52. The molecule has 3 aliphatic rings. The van der Waals surface area contributed by atoms with E-state index in [1.54, 1.807) is 6.07 Å². The van der Waals surface area contributed by atoms with Crippen molar-refractivity contribution < 1.29 is 10.0 Å². The summed E-state index contributed by atoms with van der Waals surface area (Å²) in [7, 11) is -1.43. The molecule has 0 fully saturated rings. The molecule has 2 N–H and O–H groups in total. The van der Waals surface area contributed by atoms with Crippen LogP contribution in [0.15, 0.2) is 91.1 Å². The molecule has 132 valence electrons. The molecular formula is C24H21BO2. The van der Waals surface area contributed by atoms with Crippen LogP contribution in [0.2, 0.25) is 0 Å². The molecule has 3 aliphatic carbocycles. The van der Waals surface area contributed by atoms with Crippen LogP contribution in [0, 0.1) is 23.7 Å². The van der Waals surface area contributed by atoms with Crippen LogP contribution in [0.25, 0.3) is 16.3 Å². The van der Waals surface area contributed by atoms with E-state index in [4.69, 9.17) is 0 Å². The molecule has 0 heterocycles. The Morgan fingerprint density at radius 1 is 0.704 bits per heavy atom. The summed E-state index contributed by atoms with van der Waals surface area (Å²) in [6.07, 6.45) is 20.4. The van der Waals surface area contributed by atoms with Crippen LogP contribution in [0.4, 0.5) is 0 Å².